The van der Waals surface area contributed by atoms with Gasteiger partial charge in [0.25, 0.3) is 5.79 Å². The zero-order chi connectivity index (χ0) is 16.0. The Bertz CT molecular complexity index is 588. The molecule has 2 aliphatic heterocycles. The molecule has 0 aromatic heterocycles. The monoisotopic (exact) mass is 369 g/mol. The first-order chi connectivity index (χ1) is 10.3. The van der Waals surface area contributed by atoms with Crippen molar-refractivity contribution in [3.8, 4) is 11.5 Å². The lowest BCUT2D eigenvalue weighted by atomic mass is 10.0. The number of nitrogens with zero attached hydrogens (tertiary/aromatic N) is 1. The fraction of sp³-hybridized carbons (Fsp3) is 0.562. The highest BCUT2D eigenvalue weighted by atomic mass is 79.9. The van der Waals surface area contributed by atoms with Crippen LogP contribution in [-0.4, -0.2) is 35.5 Å². The van der Waals surface area contributed by atoms with Crippen molar-refractivity contribution >= 4 is 22.0 Å². The molecule has 22 heavy (non-hydrogen) atoms. The summed E-state index contributed by atoms with van der Waals surface area (Å²) in [6.45, 7) is 6.73. The molecule has 0 aliphatic carbocycles. The maximum absolute atomic E-state index is 12.1. The van der Waals surface area contributed by atoms with Crippen LogP contribution in [0.2, 0.25) is 0 Å². The average molecular weight is 370 g/mol. The van der Waals surface area contributed by atoms with Gasteiger partial charge in [-0.3, -0.25) is 0 Å². The molecule has 1 aromatic rings. The number of amides is 1. The minimum Gasteiger partial charge on any atom is -0.448 e. The van der Waals surface area contributed by atoms with Crippen LogP contribution in [0.15, 0.2) is 22.7 Å². The van der Waals surface area contributed by atoms with Gasteiger partial charge in [-0.2, -0.15) is 0 Å². The molecule has 1 spiro atoms. The van der Waals surface area contributed by atoms with Gasteiger partial charge in [-0.05, 0) is 39.0 Å². The van der Waals surface area contributed by atoms with Crippen LogP contribution in [0.4, 0.5) is 4.79 Å². The predicted octanol–water partition coefficient (Wildman–Crippen LogP) is 3.95. The summed E-state index contributed by atoms with van der Waals surface area (Å²) in [6.07, 6.45) is 0.970. The van der Waals surface area contributed by atoms with Gasteiger partial charge in [-0.1, -0.05) is 15.9 Å². The summed E-state index contributed by atoms with van der Waals surface area (Å²) >= 11 is 3.43. The second-order valence-corrected chi connectivity index (χ2v) is 7.59. The van der Waals surface area contributed by atoms with Crippen molar-refractivity contribution in [2.45, 2.75) is 45.0 Å². The fourth-order valence-corrected chi connectivity index (χ4v) is 2.97. The molecular formula is C16H20BrNO4. The summed E-state index contributed by atoms with van der Waals surface area (Å²) < 4.78 is 18.4. The van der Waals surface area contributed by atoms with Crippen molar-refractivity contribution in [1.82, 2.24) is 4.90 Å². The molecule has 0 saturated carbocycles. The van der Waals surface area contributed by atoms with E-state index in [1.54, 1.807) is 4.90 Å². The maximum Gasteiger partial charge on any atom is 0.410 e. The van der Waals surface area contributed by atoms with Crippen LogP contribution in [0.25, 0.3) is 0 Å². The highest BCUT2D eigenvalue weighted by molar-refractivity contribution is 9.10. The number of hydrogen-bond acceptors (Lipinski definition) is 4. The Hall–Kier alpha value is -1.43. The molecule has 1 saturated heterocycles. The maximum atomic E-state index is 12.1. The number of likely N-dealkylation sites (tertiary alicyclic amines) is 1. The molecule has 0 N–H and O–H groups in total. The van der Waals surface area contributed by atoms with Crippen LogP contribution in [-0.2, 0) is 4.74 Å². The Balaban J connectivity index is 1.62. The largest absolute Gasteiger partial charge is 0.448 e. The third kappa shape index (κ3) is 3.16. The molecule has 1 fully saturated rings. The van der Waals surface area contributed by atoms with E-state index >= 15 is 0 Å². The van der Waals surface area contributed by atoms with Crippen molar-refractivity contribution in [3.63, 3.8) is 0 Å². The Kier molecular flexibility index (Phi) is 3.75. The summed E-state index contributed by atoms with van der Waals surface area (Å²) in [5.74, 6) is 0.857. The number of fused-ring (bicyclic) bond motifs is 1. The zero-order valence-corrected chi connectivity index (χ0v) is 14.6. The van der Waals surface area contributed by atoms with Gasteiger partial charge >= 0.3 is 6.09 Å². The van der Waals surface area contributed by atoms with E-state index in [9.17, 15) is 4.79 Å². The van der Waals surface area contributed by atoms with E-state index in [0.717, 1.165) is 16.0 Å². The molecule has 6 heteroatoms. The molecule has 5 nitrogen and oxygen atoms in total. The van der Waals surface area contributed by atoms with E-state index in [1.165, 1.54) is 0 Å². The number of hydrogen-bond donors (Lipinski definition) is 0. The van der Waals surface area contributed by atoms with Crippen LogP contribution in [0, 0.1) is 0 Å². The molecular weight excluding hydrogens is 350 g/mol. The Morgan fingerprint density at radius 1 is 1.23 bits per heavy atom. The number of benzene rings is 1. The van der Waals surface area contributed by atoms with Crippen LogP contribution in [0.1, 0.15) is 33.6 Å². The topological polar surface area (TPSA) is 48.0 Å². The fourth-order valence-electron chi connectivity index (χ4n) is 2.63. The molecule has 2 heterocycles. The minimum absolute atomic E-state index is 0.277. The lowest BCUT2D eigenvalue weighted by Gasteiger charge is -2.37. The Morgan fingerprint density at radius 3 is 2.50 bits per heavy atom. The zero-order valence-electron chi connectivity index (χ0n) is 13.0. The van der Waals surface area contributed by atoms with Gasteiger partial charge in [-0.15, -0.1) is 0 Å². The van der Waals surface area contributed by atoms with Gasteiger partial charge in [0, 0.05) is 30.4 Å². The van der Waals surface area contributed by atoms with Crippen LogP contribution in [0.3, 0.4) is 0 Å². The van der Waals surface area contributed by atoms with Gasteiger partial charge in [-0.25, -0.2) is 4.79 Å². The van der Waals surface area contributed by atoms with Crippen LogP contribution < -0.4 is 9.47 Å². The van der Waals surface area contributed by atoms with E-state index in [1.807, 2.05) is 39.0 Å². The molecule has 1 aromatic carbocycles. The van der Waals surface area contributed by atoms with E-state index < -0.39 is 11.4 Å². The summed E-state index contributed by atoms with van der Waals surface area (Å²) in [6, 6.07) is 5.73. The average Bonchev–Trinajstić information content (AvgIpc) is 2.74. The lowest BCUT2D eigenvalue weighted by Crippen LogP contribution is -2.52. The second kappa shape index (κ2) is 5.33. The molecule has 2 aliphatic rings. The number of halogens is 1. The summed E-state index contributed by atoms with van der Waals surface area (Å²) in [5.41, 5.74) is -0.477. The Labute approximate surface area is 138 Å². The van der Waals surface area contributed by atoms with Crippen molar-refractivity contribution in [2.75, 3.05) is 13.1 Å². The second-order valence-electron chi connectivity index (χ2n) is 6.67. The van der Waals surface area contributed by atoms with E-state index in [4.69, 9.17) is 14.2 Å². The molecule has 0 unspecified atom stereocenters. The number of ether oxygens (including phenoxy) is 3. The van der Waals surface area contributed by atoms with Crippen LogP contribution in [0.5, 0.6) is 11.5 Å². The first-order valence-electron chi connectivity index (χ1n) is 7.42. The quantitative estimate of drug-likeness (QED) is 0.694. The first kappa shape index (κ1) is 15.5. The molecule has 1 amide bonds. The van der Waals surface area contributed by atoms with Crippen molar-refractivity contribution in [1.29, 1.82) is 0 Å². The first-order valence-corrected chi connectivity index (χ1v) is 8.21. The van der Waals surface area contributed by atoms with Gasteiger partial charge in [0.1, 0.15) is 5.60 Å². The molecule has 0 atom stereocenters. The number of carbonyl (C=O) groups excluding carboxylic acids is 1. The molecule has 120 valence electrons. The summed E-state index contributed by atoms with van der Waals surface area (Å²) in [4.78, 5) is 13.8. The standard InChI is InChI=1S/C16H20BrNO4/c1-15(2,3)22-14(19)18-8-6-16(7-9-18)20-12-5-4-11(17)10-13(12)21-16/h4-5,10H,6-9H2,1-3H3. The third-order valence-corrected chi connectivity index (χ3v) is 4.17. The van der Waals surface area contributed by atoms with Gasteiger partial charge in [0.2, 0.25) is 0 Å². The predicted molar refractivity (Wildman–Crippen MR) is 85.2 cm³/mol. The lowest BCUT2D eigenvalue weighted by molar-refractivity contribution is -0.117. The van der Waals surface area contributed by atoms with Crippen molar-refractivity contribution < 1.29 is 19.0 Å². The number of carbonyl (C=O) groups is 1. The van der Waals surface area contributed by atoms with Crippen LogP contribution >= 0.6 is 15.9 Å². The smallest absolute Gasteiger partial charge is 0.410 e. The van der Waals surface area contributed by atoms with Gasteiger partial charge in [0.05, 0.1) is 0 Å². The summed E-state index contributed by atoms with van der Waals surface area (Å²) in [7, 11) is 0. The van der Waals surface area contributed by atoms with Gasteiger partial charge in [0.15, 0.2) is 11.5 Å². The van der Waals surface area contributed by atoms with E-state index in [0.29, 0.717) is 25.9 Å². The normalized spacial score (nSPS) is 19.4. The number of piperidine rings is 1. The highest BCUT2D eigenvalue weighted by Crippen LogP contribution is 2.44. The summed E-state index contributed by atoms with van der Waals surface area (Å²) in [5, 5.41) is 0. The molecule has 0 radical (unpaired) electrons. The van der Waals surface area contributed by atoms with E-state index in [2.05, 4.69) is 15.9 Å². The molecule has 3 rings (SSSR count). The van der Waals surface area contributed by atoms with E-state index in [-0.39, 0.29) is 6.09 Å². The number of rotatable bonds is 0. The highest BCUT2D eigenvalue weighted by Gasteiger charge is 2.45. The van der Waals surface area contributed by atoms with Crippen molar-refractivity contribution in [2.24, 2.45) is 0 Å². The Morgan fingerprint density at radius 2 is 1.86 bits per heavy atom. The third-order valence-electron chi connectivity index (χ3n) is 3.67. The van der Waals surface area contributed by atoms with Crippen molar-refractivity contribution in [3.05, 3.63) is 22.7 Å². The SMILES string of the molecule is CC(C)(C)OC(=O)N1CCC2(CC1)Oc1ccc(Br)cc1O2. The molecule has 0 bridgehead atoms. The minimum atomic E-state index is -0.651. The van der Waals surface area contributed by atoms with Gasteiger partial charge < -0.3 is 19.1 Å².